The second kappa shape index (κ2) is 8.15. The van der Waals surface area contributed by atoms with Gasteiger partial charge in [0.25, 0.3) is 10.0 Å². The maximum atomic E-state index is 13.2. The van der Waals surface area contributed by atoms with Crippen LogP contribution in [0.25, 0.3) is 0 Å². The van der Waals surface area contributed by atoms with Crippen molar-refractivity contribution in [1.82, 2.24) is 4.72 Å². The van der Waals surface area contributed by atoms with E-state index < -0.39 is 10.0 Å². The van der Waals surface area contributed by atoms with E-state index in [1.807, 2.05) is 18.2 Å². The zero-order chi connectivity index (χ0) is 22.3. The Kier molecular flexibility index (Phi) is 5.31. The molecule has 0 saturated carbocycles. The maximum absolute atomic E-state index is 13.2. The quantitative estimate of drug-likeness (QED) is 0.738. The predicted molar refractivity (Wildman–Crippen MR) is 124 cm³/mol. The van der Waals surface area contributed by atoms with Crippen LogP contribution in [0.15, 0.2) is 52.4 Å². The van der Waals surface area contributed by atoms with Crippen LogP contribution < -0.4 is 14.5 Å². The number of thioether (sulfide) groups is 1. The van der Waals surface area contributed by atoms with Crippen molar-refractivity contribution >= 4 is 44.2 Å². The van der Waals surface area contributed by atoms with Gasteiger partial charge in [0.1, 0.15) is 6.04 Å². The van der Waals surface area contributed by atoms with Crippen LogP contribution in [0.5, 0.6) is 0 Å². The summed E-state index contributed by atoms with van der Waals surface area (Å²) in [7, 11) is -3.70. The number of sulfonamides is 1. The van der Waals surface area contributed by atoms with Crippen molar-refractivity contribution in [3.8, 4) is 6.07 Å². The van der Waals surface area contributed by atoms with E-state index in [1.54, 1.807) is 17.0 Å². The van der Waals surface area contributed by atoms with Crippen molar-refractivity contribution in [1.29, 1.82) is 5.26 Å². The number of nitrogens with one attached hydrogen (secondary N) is 1. The van der Waals surface area contributed by atoms with Crippen molar-refractivity contribution in [2.75, 3.05) is 35.2 Å². The lowest BCUT2D eigenvalue weighted by Gasteiger charge is -2.26. The standard InChI is InChI=1S/C22H21N5O3S2/c23-14-15-2-1-3-19-18(15)8-11-27(19)20-9-12-26(21(20)28)16-4-6-17(7-5-16)32(29,30)25-22-24-10-13-31-22/h1-7,20H,8-13H2,(H,24,25)/t20-/m1/s1. The molecule has 0 unspecified atom stereocenters. The fourth-order valence-corrected chi connectivity index (χ4v) is 6.50. The van der Waals surface area contributed by atoms with Gasteiger partial charge < -0.3 is 9.80 Å². The summed E-state index contributed by atoms with van der Waals surface area (Å²) in [5, 5.41) is 9.77. The zero-order valence-corrected chi connectivity index (χ0v) is 18.8. The van der Waals surface area contributed by atoms with Gasteiger partial charge in [-0.25, -0.2) is 8.42 Å². The molecule has 2 aromatic carbocycles. The third-order valence-corrected chi connectivity index (χ3v) is 8.38. The number of fused-ring (bicyclic) bond motifs is 1. The van der Waals surface area contributed by atoms with E-state index in [9.17, 15) is 18.5 Å². The number of hydrogen-bond acceptors (Lipinski definition) is 7. The number of rotatable bonds is 4. The van der Waals surface area contributed by atoms with Gasteiger partial charge in [0.05, 0.1) is 23.1 Å². The van der Waals surface area contributed by atoms with Gasteiger partial charge in [-0.1, -0.05) is 17.8 Å². The molecule has 32 heavy (non-hydrogen) atoms. The first kappa shape index (κ1) is 20.8. The molecule has 10 heteroatoms. The smallest absolute Gasteiger partial charge is 0.263 e. The molecule has 1 amide bonds. The average Bonchev–Trinajstić information content (AvgIpc) is 3.53. The molecule has 1 fully saturated rings. The average molecular weight is 468 g/mol. The molecule has 1 saturated heterocycles. The van der Waals surface area contributed by atoms with E-state index in [4.69, 9.17) is 0 Å². The number of amidine groups is 1. The number of carbonyl (C=O) groups excluding carboxylic acids is 1. The van der Waals surface area contributed by atoms with Crippen molar-refractivity contribution in [2.45, 2.75) is 23.8 Å². The fourth-order valence-electron chi connectivity index (χ4n) is 4.47. The Bertz CT molecular complexity index is 1250. The van der Waals surface area contributed by atoms with Crippen molar-refractivity contribution in [3.05, 3.63) is 53.6 Å². The number of benzene rings is 2. The van der Waals surface area contributed by atoms with Gasteiger partial charge in [-0.15, -0.1) is 0 Å². The molecule has 3 aliphatic heterocycles. The summed E-state index contributed by atoms with van der Waals surface area (Å²) in [5.74, 6) is 0.764. The summed E-state index contributed by atoms with van der Waals surface area (Å²) >= 11 is 1.38. The lowest BCUT2D eigenvalue weighted by atomic mass is 10.1. The molecular formula is C22H21N5O3S2. The Morgan fingerprint density at radius 1 is 1.16 bits per heavy atom. The summed E-state index contributed by atoms with van der Waals surface area (Å²) in [5.41, 5.74) is 3.31. The molecule has 2 aromatic rings. The number of aliphatic imine (C=N–C) groups is 1. The first-order valence-corrected chi connectivity index (χ1v) is 12.8. The minimum absolute atomic E-state index is 0.00865. The minimum Gasteiger partial charge on any atom is -0.359 e. The van der Waals surface area contributed by atoms with E-state index >= 15 is 0 Å². The summed E-state index contributed by atoms with van der Waals surface area (Å²) < 4.78 is 27.6. The summed E-state index contributed by atoms with van der Waals surface area (Å²) in [6, 6.07) is 14.0. The molecule has 3 heterocycles. The Morgan fingerprint density at radius 2 is 1.97 bits per heavy atom. The predicted octanol–water partition coefficient (Wildman–Crippen LogP) is 2.11. The van der Waals surface area contributed by atoms with Crippen molar-refractivity contribution in [2.24, 2.45) is 4.99 Å². The molecular weight excluding hydrogens is 446 g/mol. The normalized spacial score (nSPS) is 20.3. The van der Waals surface area contributed by atoms with Crippen LogP contribution in [0, 0.1) is 11.3 Å². The number of nitrogens with zero attached hydrogens (tertiary/aromatic N) is 4. The van der Waals surface area contributed by atoms with Crippen LogP contribution in [-0.4, -0.2) is 50.9 Å². The number of carbonyl (C=O) groups is 1. The maximum Gasteiger partial charge on any atom is 0.263 e. The van der Waals surface area contributed by atoms with E-state index in [1.165, 1.54) is 23.9 Å². The molecule has 0 aliphatic carbocycles. The van der Waals surface area contributed by atoms with Crippen LogP contribution in [0.3, 0.4) is 0 Å². The minimum atomic E-state index is -3.70. The second-order valence-electron chi connectivity index (χ2n) is 7.79. The fraction of sp³-hybridized carbons (Fsp3) is 0.318. The Balaban J connectivity index is 1.32. The highest BCUT2D eigenvalue weighted by atomic mass is 32.2. The molecule has 1 atom stereocenters. The molecule has 0 aromatic heterocycles. The summed E-state index contributed by atoms with van der Waals surface area (Å²) in [4.78, 5) is 21.3. The molecule has 0 spiro atoms. The topological polar surface area (TPSA) is 106 Å². The van der Waals surface area contributed by atoms with Crippen LogP contribution in [-0.2, 0) is 21.2 Å². The first-order valence-electron chi connectivity index (χ1n) is 10.4. The Morgan fingerprint density at radius 3 is 2.69 bits per heavy atom. The lowest BCUT2D eigenvalue weighted by molar-refractivity contribution is -0.118. The molecule has 1 N–H and O–H groups in total. The molecule has 5 rings (SSSR count). The van der Waals surface area contributed by atoms with Gasteiger partial charge in [0, 0.05) is 30.2 Å². The van der Waals surface area contributed by atoms with Crippen molar-refractivity contribution in [3.63, 3.8) is 0 Å². The van der Waals surface area contributed by atoms with E-state index in [0.29, 0.717) is 42.5 Å². The Labute approximate surface area is 191 Å². The van der Waals surface area contributed by atoms with Gasteiger partial charge in [0.15, 0.2) is 5.17 Å². The number of anilines is 2. The van der Waals surface area contributed by atoms with Gasteiger partial charge >= 0.3 is 0 Å². The Hall–Kier alpha value is -3.03. The van der Waals surface area contributed by atoms with E-state index in [0.717, 1.165) is 23.4 Å². The third kappa shape index (κ3) is 3.61. The number of hydrogen-bond donors (Lipinski definition) is 1. The third-order valence-electron chi connectivity index (χ3n) is 6.00. The zero-order valence-electron chi connectivity index (χ0n) is 17.2. The second-order valence-corrected chi connectivity index (χ2v) is 10.6. The highest BCUT2D eigenvalue weighted by Gasteiger charge is 2.39. The highest BCUT2D eigenvalue weighted by Crippen LogP contribution is 2.35. The number of amides is 1. The molecule has 3 aliphatic rings. The lowest BCUT2D eigenvalue weighted by Crippen LogP contribution is -2.41. The van der Waals surface area contributed by atoms with Gasteiger partial charge in [0.2, 0.25) is 5.91 Å². The molecule has 0 radical (unpaired) electrons. The number of nitriles is 1. The van der Waals surface area contributed by atoms with Gasteiger partial charge in [-0.2, -0.15) is 5.26 Å². The van der Waals surface area contributed by atoms with Crippen LogP contribution >= 0.6 is 11.8 Å². The van der Waals surface area contributed by atoms with Crippen LogP contribution in [0.4, 0.5) is 11.4 Å². The van der Waals surface area contributed by atoms with Gasteiger partial charge in [-0.3, -0.25) is 14.5 Å². The molecule has 0 bridgehead atoms. The monoisotopic (exact) mass is 467 g/mol. The van der Waals surface area contributed by atoms with Gasteiger partial charge in [-0.05, 0) is 54.8 Å². The van der Waals surface area contributed by atoms with E-state index in [-0.39, 0.29) is 16.8 Å². The van der Waals surface area contributed by atoms with Crippen molar-refractivity contribution < 1.29 is 13.2 Å². The first-order chi connectivity index (χ1) is 15.5. The van der Waals surface area contributed by atoms with Crippen LogP contribution in [0.1, 0.15) is 17.5 Å². The van der Waals surface area contributed by atoms with E-state index in [2.05, 4.69) is 20.7 Å². The highest BCUT2D eigenvalue weighted by molar-refractivity contribution is 8.15. The summed E-state index contributed by atoms with van der Waals surface area (Å²) in [6.07, 6.45) is 1.43. The molecule has 8 nitrogen and oxygen atoms in total. The largest absolute Gasteiger partial charge is 0.359 e. The summed E-state index contributed by atoms with van der Waals surface area (Å²) in [6.45, 7) is 1.88. The SMILES string of the molecule is N#Cc1cccc2c1CCN2[C@@H]1CCN(c2ccc(S(=O)(=O)NC3=NCCS3)cc2)C1=O. The molecule has 164 valence electrons. The van der Waals surface area contributed by atoms with Crippen LogP contribution in [0.2, 0.25) is 0 Å².